The summed E-state index contributed by atoms with van der Waals surface area (Å²) in [5.74, 6) is -1.26. The molecule has 1 fully saturated rings. The maximum absolute atomic E-state index is 12.8. The van der Waals surface area contributed by atoms with Crippen molar-refractivity contribution in [3.8, 4) is 0 Å². The maximum Gasteiger partial charge on any atom is 0.391 e. The minimum atomic E-state index is -4.13. The standard InChI is InChI=1S/C13H17F3N2/c14-13(15,16)10-4-3-6-12(17,8-10)9-11-5-1-2-7-18-11/h1-2,5,7,10H,3-4,6,8-9,17H2. The van der Waals surface area contributed by atoms with Crippen molar-refractivity contribution in [2.75, 3.05) is 0 Å². The van der Waals surface area contributed by atoms with Gasteiger partial charge >= 0.3 is 6.18 Å². The minimum Gasteiger partial charge on any atom is -0.325 e. The van der Waals surface area contributed by atoms with Gasteiger partial charge in [-0.25, -0.2) is 0 Å². The van der Waals surface area contributed by atoms with Gasteiger partial charge in [0, 0.05) is 23.9 Å². The average Bonchev–Trinajstić information content (AvgIpc) is 2.28. The molecule has 5 heteroatoms. The molecule has 0 aromatic carbocycles. The first-order chi connectivity index (χ1) is 8.39. The van der Waals surface area contributed by atoms with Gasteiger partial charge in [-0.3, -0.25) is 4.98 Å². The van der Waals surface area contributed by atoms with E-state index in [0.717, 1.165) is 5.69 Å². The summed E-state index contributed by atoms with van der Waals surface area (Å²) in [5, 5.41) is 0. The first-order valence-corrected chi connectivity index (χ1v) is 6.15. The summed E-state index contributed by atoms with van der Waals surface area (Å²) >= 11 is 0. The molecule has 1 saturated carbocycles. The molecule has 1 aliphatic rings. The third-order valence-corrected chi connectivity index (χ3v) is 3.60. The summed E-state index contributed by atoms with van der Waals surface area (Å²) in [6.45, 7) is 0. The predicted molar refractivity (Wildman–Crippen MR) is 62.9 cm³/mol. The van der Waals surface area contributed by atoms with Crippen LogP contribution in [0.25, 0.3) is 0 Å². The van der Waals surface area contributed by atoms with Crippen LogP contribution in [0.5, 0.6) is 0 Å². The Morgan fingerprint density at radius 2 is 2.17 bits per heavy atom. The molecule has 0 bridgehead atoms. The highest BCUT2D eigenvalue weighted by molar-refractivity contribution is 5.09. The predicted octanol–water partition coefficient (Wildman–Crippen LogP) is 3.07. The second-order valence-corrected chi connectivity index (χ2v) is 5.20. The Hall–Kier alpha value is -1.10. The lowest BCUT2D eigenvalue weighted by atomic mass is 9.73. The van der Waals surface area contributed by atoms with Crippen molar-refractivity contribution in [2.24, 2.45) is 11.7 Å². The molecule has 2 N–H and O–H groups in total. The fraction of sp³-hybridized carbons (Fsp3) is 0.615. The van der Waals surface area contributed by atoms with Crippen LogP contribution in [0.1, 0.15) is 31.4 Å². The van der Waals surface area contributed by atoms with Crippen LogP contribution in [0.3, 0.4) is 0 Å². The number of nitrogens with zero attached hydrogens (tertiary/aromatic N) is 1. The molecule has 2 nitrogen and oxygen atoms in total. The van der Waals surface area contributed by atoms with Crippen molar-refractivity contribution >= 4 is 0 Å². The van der Waals surface area contributed by atoms with Gasteiger partial charge in [-0.05, 0) is 31.4 Å². The number of rotatable bonds is 2. The van der Waals surface area contributed by atoms with Gasteiger partial charge < -0.3 is 5.73 Å². The molecular weight excluding hydrogens is 241 g/mol. The molecule has 2 unspecified atom stereocenters. The molecule has 2 atom stereocenters. The summed E-state index contributed by atoms with van der Waals surface area (Å²) < 4.78 is 38.3. The zero-order chi connectivity index (χ0) is 13.2. The van der Waals surface area contributed by atoms with Crippen molar-refractivity contribution in [3.63, 3.8) is 0 Å². The molecule has 0 amide bonds. The van der Waals surface area contributed by atoms with Crippen LogP contribution in [0.2, 0.25) is 0 Å². The molecule has 0 saturated heterocycles. The molecule has 0 spiro atoms. The lowest BCUT2D eigenvalue weighted by Gasteiger charge is -2.38. The molecule has 1 aromatic heterocycles. The highest BCUT2D eigenvalue weighted by atomic mass is 19.4. The summed E-state index contributed by atoms with van der Waals surface area (Å²) in [4.78, 5) is 4.14. The van der Waals surface area contributed by atoms with Crippen molar-refractivity contribution < 1.29 is 13.2 Å². The Labute approximate surface area is 104 Å². The Balaban J connectivity index is 2.07. The van der Waals surface area contributed by atoms with Crippen molar-refractivity contribution in [2.45, 2.75) is 43.8 Å². The number of alkyl halides is 3. The normalized spacial score (nSPS) is 29.2. The number of hydrogen-bond acceptors (Lipinski definition) is 2. The number of aromatic nitrogens is 1. The van der Waals surface area contributed by atoms with Crippen LogP contribution in [0.4, 0.5) is 13.2 Å². The van der Waals surface area contributed by atoms with Crippen LogP contribution in [0, 0.1) is 5.92 Å². The zero-order valence-corrected chi connectivity index (χ0v) is 10.1. The summed E-state index contributed by atoms with van der Waals surface area (Å²) in [6.07, 6.45) is -0.695. The van der Waals surface area contributed by atoms with E-state index in [0.29, 0.717) is 19.3 Å². The van der Waals surface area contributed by atoms with Crippen molar-refractivity contribution in [3.05, 3.63) is 30.1 Å². The zero-order valence-electron chi connectivity index (χ0n) is 10.1. The molecule has 1 heterocycles. The van der Waals surface area contributed by atoms with E-state index < -0.39 is 17.6 Å². The monoisotopic (exact) mass is 258 g/mol. The molecule has 0 radical (unpaired) electrons. The largest absolute Gasteiger partial charge is 0.391 e. The van der Waals surface area contributed by atoms with E-state index in [-0.39, 0.29) is 12.8 Å². The maximum atomic E-state index is 12.8. The van der Waals surface area contributed by atoms with Gasteiger partial charge in [0.1, 0.15) is 0 Å². The first kappa shape index (κ1) is 13.3. The van der Waals surface area contributed by atoms with E-state index >= 15 is 0 Å². The Morgan fingerprint density at radius 3 is 2.78 bits per heavy atom. The van der Waals surface area contributed by atoms with Gasteiger partial charge in [-0.2, -0.15) is 13.2 Å². The molecule has 1 aliphatic carbocycles. The lowest BCUT2D eigenvalue weighted by Crippen LogP contribution is -2.49. The van der Waals surface area contributed by atoms with E-state index in [4.69, 9.17) is 5.73 Å². The summed E-state index contributed by atoms with van der Waals surface area (Å²) in [7, 11) is 0. The number of pyridine rings is 1. The van der Waals surface area contributed by atoms with Gasteiger partial charge in [0.25, 0.3) is 0 Å². The van der Waals surface area contributed by atoms with Crippen molar-refractivity contribution in [1.29, 1.82) is 0 Å². The van der Waals surface area contributed by atoms with Crippen LogP contribution < -0.4 is 5.73 Å². The molecule has 1 aromatic rings. The topological polar surface area (TPSA) is 38.9 Å². The van der Waals surface area contributed by atoms with Crippen LogP contribution in [-0.2, 0) is 6.42 Å². The van der Waals surface area contributed by atoms with Gasteiger partial charge in [0.2, 0.25) is 0 Å². The third kappa shape index (κ3) is 3.22. The second-order valence-electron chi connectivity index (χ2n) is 5.20. The van der Waals surface area contributed by atoms with E-state index in [1.54, 1.807) is 12.3 Å². The van der Waals surface area contributed by atoms with Gasteiger partial charge in [-0.1, -0.05) is 12.5 Å². The SMILES string of the molecule is NC1(Cc2ccccn2)CCCC(C(F)(F)F)C1. The van der Waals surface area contributed by atoms with Crippen molar-refractivity contribution in [1.82, 2.24) is 4.98 Å². The average molecular weight is 258 g/mol. The minimum absolute atomic E-state index is 0.00702. The summed E-state index contributed by atoms with van der Waals surface area (Å²) in [6, 6.07) is 5.42. The molecule has 2 rings (SSSR count). The van der Waals surface area contributed by atoms with Gasteiger partial charge in [-0.15, -0.1) is 0 Å². The van der Waals surface area contributed by atoms with Crippen LogP contribution >= 0.6 is 0 Å². The molecule has 18 heavy (non-hydrogen) atoms. The Bertz CT molecular complexity index is 391. The summed E-state index contributed by atoms with van der Waals surface area (Å²) in [5.41, 5.74) is 6.13. The second kappa shape index (κ2) is 4.88. The number of nitrogens with two attached hydrogens (primary N) is 1. The molecule has 100 valence electrons. The van der Waals surface area contributed by atoms with Crippen LogP contribution in [-0.4, -0.2) is 16.7 Å². The number of hydrogen-bond donors (Lipinski definition) is 1. The van der Waals surface area contributed by atoms with Crippen LogP contribution in [0.15, 0.2) is 24.4 Å². The third-order valence-electron chi connectivity index (χ3n) is 3.60. The van der Waals surface area contributed by atoms with Gasteiger partial charge in [0.15, 0.2) is 0 Å². The van der Waals surface area contributed by atoms with E-state index in [1.807, 2.05) is 12.1 Å². The Morgan fingerprint density at radius 1 is 1.39 bits per heavy atom. The van der Waals surface area contributed by atoms with E-state index in [9.17, 15) is 13.2 Å². The van der Waals surface area contributed by atoms with E-state index in [1.165, 1.54) is 0 Å². The smallest absolute Gasteiger partial charge is 0.325 e. The first-order valence-electron chi connectivity index (χ1n) is 6.15. The number of halogens is 3. The van der Waals surface area contributed by atoms with Gasteiger partial charge in [0.05, 0.1) is 5.92 Å². The molecule has 0 aliphatic heterocycles. The fourth-order valence-corrected chi connectivity index (χ4v) is 2.70. The Kier molecular flexibility index (Phi) is 3.61. The fourth-order valence-electron chi connectivity index (χ4n) is 2.70. The van der Waals surface area contributed by atoms with E-state index in [2.05, 4.69) is 4.98 Å². The highest BCUT2D eigenvalue weighted by Gasteiger charge is 2.46. The highest BCUT2D eigenvalue weighted by Crippen LogP contribution is 2.41. The quantitative estimate of drug-likeness (QED) is 0.885. The molecular formula is C13H17F3N2. The lowest BCUT2D eigenvalue weighted by molar-refractivity contribution is -0.187.